The Morgan fingerprint density at radius 3 is 2.29 bits per heavy atom. The molecule has 1 unspecified atom stereocenters. The Bertz CT molecular complexity index is 1510. The van der Waals surface area contributed by atoms with Gasteiger partial charge in [-0.15, -0.1) is 0 Å². The van der Waals surface area contributed by atoms with E-state index in [0.29, 0.717) is 17.9 Å². The zero-order valence-electron chi connectivity index (χ0n) is 21.3. The lowest BCUT2D eigenvalue weighted by atomic mass is 9.92. The molecule has 0 aliphatic carbocycles. The van der Waals surface area contributed by atoms with Crippen LogP contribution in [-0.2, 0) is 22.7 Å². The molecule has 0 spiro atoms. The van der Waals surface area contributed by atoms with Crippen molar-refractivity contribution in [2.24, 2.45) is 0 Å². The van der Waals surface area contributed by atoms with E-state index in [0.717, 1.165) is 27.8 Å². The molecule has 0 radical (unpaired) electrons. The van der Waals surface area contributed by atoms with Gasteiger partial charge in [-0.05, 0) is 72.0 Å². The monoisotopic (exact) mass is 504 g/mol. The molecule has 1 aromatic heterocycles. The van der Waals surface area contributed by atoms with Gasteiger partial charge in [0, 0.05) is 24.5 Å². The van der Waals surface area contributed by atoms with Gasteiger partial charge in [0.25, 0.3) is 11.7 Å². The highest BCUT2D eigenvalue weighted by atomic mass is 16.5. The standard InChI is InChI=1S/C32H28N2O4/c1-21-8-6-7-11-26(21)29-28(31(36)32(37)34(29)19-23-14-16-33-17-15-23)30(35)25-12-13-27(22(2)18-25)38-20-24-9-4-3-5-10-24/h3-18,29,35H,19-20H2,1-2H3/b30-28+. The molecule has 0 saturated carbocycles. The molecule has 2 heterocycles. The maximum Gasteiger partial charge on any atom is 0.295 e. The van der Waals surface area contributed by atoms with Crippen molar-refractivity contribution in [3.8, 4) is 5.75 Å². The Balaban J connectivity index is 1.53. The van der Waals surface area contributed by atoms with E-state index in [2.05, 4.69) is 4.98 Å². The van der Waals surface area contributed by atoms with Crippen LogP contribution in [0.4, 0.5) is 0 Å². The van der Waals surface area contributed by atoms with Gasteiger partial charge in [-0.2, -0.15) is 0 Å². The van der Waals surface area contributed by atoms with Crippen LogP contribution in [0.25, 0.3) is 5.76 Å². The number of aliphatic hydroxyl groups is 1. The molecule has 6 nitrogen and oxygen atoms in total. The van der Waals surface area contributed by atoms with E-state index in [1.807, 2.05) is 80.6 Å². The van der Waals surface area contributed by atoms with E-state index < -0.39 is 17.7 Å². The van der Waals surface area contributed by atoms with Crippen molar-refractivity contribution in [2.75, 3.05) is 0 Å². The van der Waals surface area contributed by atoms with Gasteiger partial charge in [0.05, 0.1) is 11.6 Å². The summed E-state index contributed by atoms with van der Waals surface area (Å²) in [6.07, 6.45) is 3.30. The predicted octanol–water partition coefficient (Wildman–Crippen LogP) is 5.90. The van der Waals surface area contributed by atoms with Crippen molar-refractivity contribution in [3.63, 3.8) is 0 Å². The van der Waals surface area contributed by atoms with Crippen molar-refractivity contribution in [1.29, 1.82) is 0 Å². The first-order valence-corrected chi connectivity index (χ1v) is 12.4. The summed E-state index contributed by atoms with van der Waals surface area (Å²) >= 11 is 0. The summed E-state index contributed by atoms with van der Waals surface area (Å²) in [5.74, 6) is -0.867. The molecule has 1 N–H and O–H groups in total. The normalized spacial score (nSPS) is 16.6. The lowest BCUT2D eigenvalue weighted by Crippen LogP contribution is -2.29. The Morgan fingerprint density at radius 2 is 1.58 bits per heavy atom. The quantitative estimate of drug-likeness (QED) is 0.193. The summed E-state index contributed by atoms with van der Waals surface area (Å²) in [5, 5.41) is 11.5. The first kappa shape index (κ1) is 25.0. The molecule has 1 atom stereocenters. The average molecular weight is 505 g/mol. The number of likely N-dealkylation sites (tertiary alicyclic amines) is 1. The maximum atomic E-state index is 13.4. The minimum atomic E-state index is -0.723. The second-order valence-electron chi connectivity index (χ2n) is 9.39. The Morgan fingerprint density at radius 1 is 0.868 bits per heavy atom. The van der Waals surface area contributed by atoms with Gasteiger partial charge >= 0.3 is 0 Å². The molecule has 3 aromatic carbocycles. The molecular weight excluding hydrogens is 476 g/mol. The summed E-state index contributed by atoms with van der Waals surface area (Å²) in [7, 11) is 0. The number of ether oxygens (including phenoxy) is 1. The van der Waals surface area contributed by atoms with Crippen molar-refractivity contribution < 1.29 is 19.4 Å². The van der Waals surface area contributed by atoms with E-state index in [4.69, 9.17) is 4.74 Å². The predicted molar refractivity (Wildman–Crippen MR) is 145 cm³/mol. The van der Waals surface area contributed by atoms with Gasteiger partial charge in [0.2, 0.25) is 0 Å². The minimum Gasteiger partial charge on any atom is -0.507 e. The first-order chi connectivity index (χ1) is 18.4. The number of hydrogen-bond donors (Lipinski definition) is 1. The Hall–Kier alpha value is -4.71. The summed E-state index contributed by atoms with van der Waals surface area (Å²) in [4.78, 5) is 32.2. The van der Waals surface area contributed by atoms with E-state index in [-0.39, 0.29) is 17.9 Å². The maximum absolute atomic E-state index is 13.4. The third kappa shape index (κ3) is 4.93. The summed E-state index contributed by atoms with van der Waals surface area (Å²) < 4.78 is 5.98. The van der Waals surface area contributed by atoms with Crippen LogP contribution in [0.1, 0.15) is 39.4 Å². The largest absolute Gasteiger partial charge is 0.507 e. The van der Waals surface area contributed by atoms with Gasteiger partial charge in [-0.3, -0.25) is 14.6 Å². The minimum absolute atomic E-state index is 0.0794. The molecular formula is C32H28N2O4. The molecule has 4 aromatic rings. The van der Waals surface area contributed by atoms with Gasteiger partial charge < -0.3 is 14.7 Å². The lowest BCUT2D eigenvalue weighted by molar-refractivity contribution is -0.140. The van der Waals surface area contributed by atoms with Crippen molar-refractivity contribution in [1.82, 2.24) is 9.88 Å². The Labute approximate surface area is 221 Å². The van der Waals surface area contributed by atoms with E-state index in [1.165, 1.54) is 4.90 Å². The molecule has 5 rings (SSSR count). The van der Waals surface area contributed by atoms with Crippen LogP contribution in [0.3, 0.4) is 0 Å². The number of aromatic nitrogens is 1. The highest BCUT2D eigenvalue weighted by Crippen LogP contribution is 2.41. The zero-order chi connectivity index (χ0) is 26.6. The van der Waals surface area contributed by atoms with Gasteiger partial charge in [-0.1, -0.05) is 54.6 Å². The molecule has 1 aliphatic rings. The highest BCUT2D eigenvalue weighted by Gasteiger charge is 2.46. The number of carbonyl (C=O) groups excluding carboxylic acids is 2. The van der Waals surface area contributed by atoms with Gasteiger partial charge in [0.15, 0.2) is 0 Å². The number of pyridine rings is 1. The molecule has 1 amide bonds. The van der Waals surface area contributed by atoms with E-state index >= 15 is 0 Å². The Kier molecular flexibility index (Phi) is 7.05. The number of amides is 1. The molecule has 38 heavy (non-hydrogen) atoms. The number of benzene rings is 3. The van der Waals surface area contributed by atoms with Crippen LogP contribution in [0, 0.1) is 13.8 Å². The smallest absolute Gasteiger partial charge is 0.295 e. The summed E-state index contributed by atoms with van der Waals surface area (Å²) in [6.45, 7) is 4.46. The highest BCUT2D eigenvalue weighted by molar-refractivity contribution is 6.46. The second-order valence-corrected chi connectivity index (χ2v) is 9.39. The van der Waals surface area contributed by atoms with Crippen LogP contribution < -0.4 is 4.74 Å². The third-order valence-corrected chi connectivity index (χ3v) is 6.81. The number of aryl methyl sites for hydroxylation is 2. The number of carbonyl (C=O) groups is 2. The molecule has 1 saturated heterocycles. The van der Waals surface area contributed by atoms with Gasteiger partial charge in [0.1, 0.15) is 18.1 Å². The summed E-state index contributed by atoms with van der Waals surface area (Å²) in [5.41, 5.74) is 4.95. The number of Topliss-reactive ketones (excluding diaryl/α,β-unsaturated/α-hetero) is 1. The number of nitrogens with zero attached hydrogens (tertiary/aromatic N) is 2. The van der Waals surface area contributed by atoms with Crippen molar-refractivity contribution in [2.45, 2.75) is 33.0 Å². The molecule has 190 valence electrons. The fraction of sp³-hybridized carbons (Fsp3) is 0.156. The number of rotatable bonds is 7. The molecule has 6 heteroatoms. The third-order valence-electron chi connectivity index (χ3n) is 6.81. The van der Waals surface area contributed by atoms with Crippen LogP contribution in [0.2, 0.25) is 0 Å². The van der Waals surface area contributed by atoms with Crippen LogP contribution >= 0.6 is 0 Å². The molecule has 1 fully saturated rings. The van der Waals surface area contributed by atoms with Gasteiger partial charge in [-0.25, -0.2) is 0 Å². The van der Waals surface area contributed by atoms with E-state index in [9.17, 15) is 14.7 Å². The fourth-order valence-corrected chi connectivity index (χ4v) is 4.79. The van der Waals surface area contributed by atoms with Crippen LogP contribution in [0.15, 0.2) is 103 Å². The molecule has 0 bridgehead atoms. The van der Waals surface area contributed by atoms with Crippen LogP contribution in [-0.4, -0.2) is 26.7 Å². The fourth-order valence-electron chi connectivity index (χ4n) is 4.79. The SMILES string of the molecule is Cc1cc(/C(O)=C2\C(=O)C(=O)N(Cc3ccncc3)C2c2ccccc2C)ccc1OCc1ccccc1. The van der Waals surface area contributed by atoms with Crippen molar-refractivity contribution in [3.05, 3.63) is 136 Å². The van der Waals surface area contributed by atoms with Crippen molar-refractivity contribution >= 4 is 17.4 Å². The van der Waals surface area contributed by atoms with E-state index in [1.54, 1.807) is 30.6 Å². The lowest BCUT2D eigenvalue weighted by Gasteiger charge is -2.26. The first-order valence-electron chi connectivity index (χ1n) is 12.4. The number of aliphatic hydroxyl groups excluding tert-OH is 1. The topological polar surface area (TPSA) is 79.7 Å². The number of ketones is 1. The zero-order valence-corrected chi connectivity index (χ0v) is 21.3. The number of hydrogen-bond acceptors (Lipinski definition) is 5. The molecule has 1 aliphatic heterocycles. The van der Waals surface area contributed by atoms with Crippen LogP contribution in [0.5, 0.6) is 5.75 Å². The second kappa shape index (κ2) is 10.7. The average Bonchev–Trinajstić information content (AvgIpc) is 3.18. The summed E-state index contributed by atoms with van der Waals surface area (Å²) in [6, 6.07) is 25.6.